The van der Waals surface area contributed by atoms with E-state index in [-0.39, 0.29) is 5.76 Å². The molecule has 0 amide bonds. The molecule has 4 heteroatoms. The van der Waals surface area contributed by atoms with Crippen LogP contribution in [0.15, 0.2) is 16.5 Å². The Morgan fingerprint density at radius 1 is 1.75 bits per heavy atom. The highest BCUT2D eigenvalue weighted by atomic mass is 16.4. The van der Waals surface area contributed by atoms with Crippen LogP contribution in [0.2, 0.25) is 0 Å². The van der Waals surface area contributed by atoms with Crippen LogP contribution in [0, 0.1) is 12.3 Å². The van der Waals surface area contributed by atoms with E-state index in [1.54, 1.807) is 0 Å². The van der Waals surface area contributed by atoms with Crippen molar-refractivity contribution >= 4 is 11.9 Å². The molecule has 4 nitrogen and oxygen atoms in total. The summed E-state index contributed by atoms with van der Waals surface area (Å²) >= 11 is 0. The van der Waals surface area contributed by atoms with E-state index < -0.39 is 5.97 Å². The molecule has 0 atom stereocenters. The minimum Gasteiger partial charge on any atom is -0.475 e. The predicted octanol–water partition coefficient (Wildman–Crippen LogP) is 1.02. The molecule has 0 bridgehead atoms. The fraction of sp³-hybridized carbons (Fsp3) is 0.125. The maximum Gasteiger partial charge on any atom is 0.371 e. The molecule has 1 heterocycles. The number of hydrogen-bond acceptors (Lipinski definition) is 3. The van der Waals surface area contributed by atoms with Crippen molar-refractivity contribution in [2.24, 2.45) is 0 Å². The molecule has 0 aliphatic rings. The fourth-order valence-corrected chi connectivity index (χ4v) is 0.686. The smallest absolute Gasteiger partial charge is 0.371 e. The second-order valence-electron chi connectivity index (χ2n) is 2.03. The summed E-state index contributed by atoms with van der Waals surface area (Å²) in [4.78, 5) is 10.3. The summed E-state index contributed by atoms with van der Waals surface area (Å²) in [7, 11) is 0. The monoisotopic (exact) mass is 165 g/mol. The third kappa shape index (κ3) is 1.80. The molecule has 0 radical (unpaired) electrons. The topological polar surface area (TPSA) is 62.5 Å². The first-order valence-electron chi connectivity index (χ1n) is 3.24. The van der Waals surface area contributed by atoms with Crippen molar-refractivity contribution in [1.82, 2.24) is 0 Å². The van der Waals surface area contributed by atoms with Gasteiger partial charge in [-0.3, -0.25) is 0 Å². The van der Waals surface area contributed by atoms with Crippen molar-refractivity contribution in [2.45, 2.75) is 0 Å². The summed E-state index contributed by atoms with van der Waals surface area (Å²) in [5.41, 5.74) is 0. The van der Waals surface area contributed by atoms with Gasteiger partial charge in [-0.1, -0.05) is 5.92 Å². The number of hydrogen-bond donors (Lipinski definition) is 2. The van der Waals surface area contributed by atoms with Crippen LogP contribution in [0.5, 0.6) is 0 Å². The Labute approximate surface area is 69.2 Å². The second kappa shape index (κ2) is 3.49. The number of terminal acetylenes is 1. The maximum atomic E-state index is 10.3. The van der Waals surface area contributed by atoms with Gasteiger partial charge in [0.15, 0.2) is 5.88 Å². The van der Waals surface area contributed by atoms with Gasteiger partial charge in [-0.25, -0.2) is 4.79 Å². The number of carboxylic acid groups (broad SMARTS) is 1. The Hall–Kier alpha value is -1.89. The van der Waals surface area contributed by atoms with E-state index in [4.69, 9.17) is 15.9 Å². The SMILES string of the molecule is C#CCNc1ccc(C(=O)O)o1. The van der Waals surface area contributed by atoms with E-state index >= 15 is 0 Å². The summed E-state index contributed by atoms with van der Waals surface area (Å²) in [6, 6.07) is 2.88. The zero-order valence-electron chi connectivity index (χ0n) is 6.20. The van der Waals surface area contributed by atoms with Gasteiger partial charge in [-0.05, 0) is 6.07 Å². The predicted molar refractivity (Wildman–Crippen MR) is 43.0 cm³/mol. The number of anilines is 1. The van der Waals surface area contributed by atoms with Crippen LogP contribution in [-0.2, 0) is 0 Å². The normalized spacial score (nSPS) is 8.92. The van der Waals surface area contributed by atoms with Gasteiger partial charge in [-0.2, -0.15) is 0 Å². The molecule has 0 fully saturated rings. The second-order valence-corrected chi connectivity index (χ2v) is 2.03. The van der Waals surface area contributed by atoms with Crippen molar-refractivity contribution in [2.75, 3.05) is 11.9 Å². The van der Waals surface area contributed by atoms with Gasteiger partial charge in [0.1, 0.15) is 0 Å². The number of carboxylic acids is 1. The van der Waals surface area contributed by atoms with E-state index in [1.165, 1.54) is 12.1 Å². The Bertz CT molecular complexity index is 321. The van der Waals surface area contributed by atoms with E-state index in [0.717, 1.165) is 0 Å². The van der Waals surface area contributed by atoms with Gasteiger partial charge in [0, 0.05) is 6.07 Å². The van der Waals surface area contributed by atoms with Crippen LogP contribution in [-0.4, -0.2) is 17.6 Å². The largest absolute Gasteiger partial charge is 0.475 e. The molecule has 1 aromatic rings. The van der Waals surface area contributed by atoms with Crippen LogP contribution in [0.1, 0.15) is 10.6 Å². The quantitative estimate of drug-likeness (QED) is 0.656. The van der Waals surface area contributed by atoms with Crippen LogP contribution < -0.4 is 5.32 Å². The van der Waals surface area contributed by atoms with E-state index in [1.807, 2.05) is 0 Å². The Morgan fingerprint density at radius 3 is 3.00 bits per heavy atom. The van der Waals surface area contributed by atoms with Crippen LogP contribution in [0.4, 0.5) is 5.88 Å². The number of carbonyl (C=O) groups is 1. The molecule has 0 aliphatic heterocycles. The number of nitrogens with one attached hydrogen (secondary N) is 1. The zero-order valence-corrected chi connectivity index (χ0v) is 6.20. The van der Waals surface area contributed by atoms with Gasteiger partial charge < -0.3 is 14.8 Å². The lowest BCUT2D eigenvalue weighted by Gasteiger charge is -1.93. The Kier molecular flexibility index (Phi) is 2.38. The first kappa shape index (κ1) is 8.21. The van der Waals surface area contributed by atoms with E-state index in [2.05, 4.69) is 11.2 Å². The van der Waals surface area contributed by atoms with Crippen LogP contribution in [0.3, 0.4) is 0 Å². The minimum absolute atomic E-state index is 0.102. The summed E-state index contributed by atoms with van der Waals surface area (Å²) in [6.45, 7) is 0.312. The lowest BCUT2D eigenvalue weighted by Crippen LogP contribution is -1.96. The van der Waals surface area contributed by atoms with Crippen LogP contribution in [0.25, 0.3) is 0 Å². The molecular weight excluding hydrogens is 158 g/mol. The molecule has 0 saturated carbocycles. The van der Waals surface area contributed by atoms with Crippen molar-refractivity contribution in [3.63, 3.8) is 0 Å². The highest BCUT2D eigenvalue weighted by molar-refractivity contribution is 5.84. The van der Waals surface area contributed by atoms with Crippen molar-refractivity contribution < 1.29 is 14.3 Å². The molecule has 0 unspecified atom stereocenters. The van der Waals surface area contributed by atoms with E-state index in [0.29, 0.717) is 12.4 Å². The molecular formula is C8H7NO3. The Morgan fingerprint density at radius 2 is 2.50 bits per heavy atom. The van der Waals surface area contributed by atoms with Crippen LogP contribution >= 0.6 is 0 Å². The summed E-state index contributed by atoms with van der Waals surface area (Å²) in [5.74, 6) is 1.51. The van der Waals surface area contributed by atoms with E-state index in [9.17, 15) is 4.79 Å². The number of aromatic carboxylic acids is 1. The first-order chi connectivity index (χ1) is 5.74. The molecule has 2 N–H and O–H groups in total. The third-order valence-corrected chi connectivity index (χ3v) is 1.18. The highest BCUT2D eigenvalue weighted by Gasteiger charge is 2.07. The molecule has 0 saturated heterocycles. The van der Waals surface area contributed by atoms with Gasteiger partial charge >= 0.3 is 5.97 Å². The maximum absolute atomic E-state index is 10.3. The lowest BCUT2D eigenvalue weighted by molar-refractivity contribution is 0.0663. The lowest BCUT2D eigenvalue weighted by atomic mass is 10.4. The Balaban J connectivity index is 2.66. The van der Waals surface area contributed by atoms with Gasteiger partial charge in [0.05, 0.1) is 6.54 Å². The summed E-state index contributed by atoms with van der Waals surface area (Å²) < 4.78 is 4.84. The molecule has 0 aliphatic carbocycles. The summed E-state index contributed by atoms with van der Waals surface area (Å²) in [6.07, 6.45) is 4.97. The minimum atomic E-state index is -1.09. The number of furan rings is 1. The zero-order chi connectivity index (χ0) is 8.97. The van der Waals surface area contributed by atoms with Crippen molar-refractivity contribution in [1.29, 1.82) is 0 Å². The van der Waals surface area contributed by atoms with Gasteiger partial charge in [0.25, 0.3) is 0 Å². The summed E-state index contributed by atoms with van der Waals surface area (Å²) in [5, 5.41) is 11.2. The average molecular weight is 165 g/mol. The molecule has 1 aromatic heterocycles. The fourth-order valence-electron chi connectivity index (χ4n) is 0.686. The number of rotatable bonds is 3. The standard InChI is InChI=1S/C8H7NO3/c1-2-5-9-7-4-3-6(12-7)8(10)11/h1,3-4,9H,5H2,(H,10,11). The third-order valence-electron chi connectivity index (χ3n) is 1.18. The molecule has 12 heavy (non-hydrogen) atoms. The molecule has 0 aromatic carbocycles. The van der Waals surface area contributed by atoms with Crippen molar-refractivity contribution in [3.05, 3.63) is 17.9 Å². The molecule has 62 valence electrons. The van der Waals surface area contributed by atoms with Gasteiger partial charge in [-0.15, -0.1) is 6.42 Å². The molecule has 1 rings (SSSR count). The van der Waals surface area contributed by atoms with Gasteiger partial charge in [0.2, 0.25) is 5.76 Å². The highest BCUT2D eigenvalue weighted by Crippen LogP contribution is 2.12. The first-order valence-corrected chi connectivity index (χ1v) is 3.24. The molecule has 0 spiro atoms. The van der Waals surface area contributed by atoms with Crippen molar-refractivity contribution in [3.8, 4) is 12.3 Å². The average Bonchev–Trinajstić information content (AvgIpc) is 2.48.